The Morgan fingerprint density at radius 2 is 0.949 bits per heavy atom. The fourth-order valence-corrected chi connectivity index (χ4v) is 10.4. The van der Waals surface area contributed by atoms with Crippen molar-refractivity contribution >= 4 is 67.0 Å². The Bertz CT molecular complexity index is 2880. The second kappa shape index (κ2) is 13.6. The molecule has 0 atom stereocenters. The Hall–Kier alpha value is -6.42. The minimum Gasteiger partial charge on any atom is -0.439 e. The maximum atomic E-state index is 13.8. The molecule has 8 aromatic rings. The van der Waals surface area contributed by atoms with Crippen molar-refractivity contribution in [3.63, 3.8) is 0 Å². The van der Waals surface area contributed by atoms with Gasteiger partial charge in [-0.15, -0.1) is 0 Å². The van der Waals surface area contributed by atoms with Crippen LogP contribution in [0.1, 0.15) is 75.3 Å². The molecule has 2 aliphatic carbocycles. The number of fused-ring (bicyclic) bond motifs is 12. The highest BCUT2D eigenvalue weighted by Crippen LogP contribution is 2.47. The van der Waals surface area contributed by atoms with E-state index in [0.717, 1.165) is 76.8 Å². The second-order valence-corrected chi connectivity index (χ2v) is 17.0. The first-order valence-corrected chi connectivity index (χ1v) is 21.3. The number of para-hydroxylation sites is 2. The molecule has 4 aliphatic rings. The van der Waals surface area contributed by atoms with Gasteiger partial charge in [-0.3, -0.25) is 0 Å². The van der Waals surface area contributed by atoms with Gasteiger partial charge in [-0.2, -0.15) is 0 Å². The quantitative estimate of drug-likeness (QED) is 0.158. The Morgan fingerprint density at radius 1 is 0.508 bits per heavy atom. The third kappa shape index (κ3) is 5.67. The lowest BCUT2D eigenvalue weighted by Gasteiger charge is -2.45. The highest BCUT2D eigenvalue weighted by molar-refractivity contribution is 6.11. The average molecular weight is 785 g/mol. The molecule has 4 aromatic carbocycles. The Balaban J connectivity index is 0.933. The maximum absolute atomic E-state index is 13.8. The van der Waals surface area contributed by atoms with Gasteiger partial charge in [-0.05, 0) is 96.5 Å². The molecule has 2 aliphatic heterocycles. The van der Waals surface area contributed by atoms with Gasteiger partial charge in [-0.25, -0.2) is 9.59 Å². The first kappa shape index (κ1) is 34.6. The number of hydrogen-bond donors (Lipinski definition) is 2. The first-order chi connectivity index (χ1) is 29.0. The molecule has 12 rings (SSSR count). The van der Waals surface area contributed by atoms with E-state index in [1.807, 2.05) is 48.5 Å². The molecule has 2 fully saturated rings. The largest absolute Gasteiger partial charge is 0.439 e. The number of rotatable bonds is 6. The number of furan rings is 2. The van der Waals surface area contributed by atoms with Crippen LogP contribution in [0.2, 0.25) is 0 Å². The van der Waals surface area contributed by atoms with Crippen molar-refractivity contribution in [3.05, 3.63) is 117 Å². The van der Waals surface area contributed by atoms with Crippen molar-refractivity contribution in [2.24, 2.45) is 0 Å². The van der Waals surface area contributed by atoms with E-state index >= 15 is 0 Å². The second-order valence-electron chi connectivity index (χ2n) is 17.0. The molecular formula is C49H44N4O6. The van der Waals surface area contributed by atoms with Gasteiger partial charge < -0.3 is 38.1 Å². The molecule has 0 amide bonds. The lowest BCUT2D eigenvalue weighted by atomic mass is 9.93. The fourth-order valence-electron chi connectivity index (χ4n) is 10.4. The van der Waals surface area contributed by atoms with E-state index in [9.17, 15) is 9.59 Å². The average Bonchev–Trinajstić information content (AvgIpc) is 3.84. The van der Waals surface area contributed by atoms with Gasteiger partial charge in [0, 0.05) is 36.5 Å². The van der Waals surface area contributed by atoms with Gasteiger partial charge in [0.25, 0.3) is 0 Å². The lowest BCUT2D eigenvalue weighted by molar-refractivity contribution is 0.453. The topological polar surface area (TPSA) is 117 Å². The molecule has 0 saturated heterocycles. The Morgan fingerprint density at radius 3 is 1.41 bits per heavy atom. The molecule has 6 heterocycles. The summed E-state index contributed by atoms with van der Waals surface area (Å²) < 4.78 is 25.1. The summed E-state index contributed by atoms with van der Waals surface area (Å²) in [6.07, 6.45) is 11.5. The van der Waals surface area contributed by atoms with E-state index in [1.54, 1.807) is 0 Å². The molecule has 0 spiro atoms. The molecule has 0 radical (unpaired) electrons. The minimum absolute atomic E-state index is 0.282. The van der Waals surface area contributed by atoms with Crippen molar-refractivity contribution < 1.29 is 17.7 Å². The lowest BCUT2D eigenvalue weighted by Crippen LogP contribution is -2.46. The Labute approximate surface area is 339 Å². The van der Waals surface area contributed by atoms with Crippen LogP contribution in [0.25, 0.3) is 66.1 Å². The van der Waals surface area contributed by atoms with Crippen LogP contribution < -0.4 is 31.7 Å². The van der Waals surface area contributed by atoms with Crippen molar-refractivity contribution in [3.8, 4) is 22.3 Å². The van der Waals surface area contributed by atoms with E-state index in [4.69, 9.17) is 17.7 Å². The van der Waals surface area contributed by atoms with Crippen molar-refractivity contribution in [1.82, 2.24) is 0 Å². The summed E-state index contributed by atoms with van der Waals surface area (Å²) in [6, 6.07) is 28.8. The minimum atomic E-state index is -0.394. The molecule has 2 saturated carbocycles. The standard InChI is InChI=1S/C49H44N4O6/c54-48-42-40(46(50-32-11-3-1-4-12-32)58-44(42)34-15-7-9-17-38(34)56-48)28-19-21-36-30(23-28)25-52-27-53(36)26-31-24-29(20-22-37(31)52)41-43-45(35-16-8-10-18-39(35)57-49(43)55)59-47(41)51-33-13-5-2-6-14-33/h7-10,15-24,32-33,50-51H,1-6,11-14,25-27H2. The molecule has 10 heteroatoms. The van der Waals surface area contributed by atoms with Crippen LogP contribution in [-0.2, 0) is 13.1 Å². The van der Waals surface area contributed by atoms with Crippen LogP contribution in [0.15, 0.2) is 112 Å². The fraction of sp³-hybridized carbons (Fsp3) is 0.306. The van der Waals surface area contributed by atoms with Crippen LogP contribution >= 0.6 is 0 Å². The number of nitrogens with zero attached hydrogens (tertiary/aromatic N) is 2. The third-order valence-electron chi connectivity index (χ3n) is 13.3. The molecule has 296 valence electrons. The molecule has 0 unspecified atom stereocenters. The SMILES string of the molecule is O=c1oc2ccccc2c2oc(NC3CCCCC3)c(-c3ccc4c(c3)CN3CN4Cc4cc(-c5c(NC6CCCCC6)oc6c5c(=O)oc5ccccc56)ccc43)c12. The van der Waals surface area contributed by atoms with Gasteiger partial charge in [0.2, 0.25) is 11.8 Å². The summed E-state index contributed by atoms with van der Waals surface area (Å²) in [7, 11) is 0. The normalized spacial score (nSPS) is 17.2. The van der Waals surface area contributed by atoms with E-state index < -0.39 is 11.3 Å². The van der Waals surface area contributed by atoms with Gasteiger partial charge in [0.1, 0.15) is 21.9 Å². The zero-order chi connectivity index (χ0) is 39.2. The van der Waals surface area contributed by atoms with E-state index in [0.29, 0.717) is 58.0 Å². The Kier molecular flexibility index (Phi) is 7.96. The van der Waals surface area contributed by atoms with Crippen molar-refractivity contribution in [1.29, 1.82) is 0 Å². The molecule has 59 heavy (non-hydrogen) atoms. The predicted octanol–water partition coefficient (Wildman–Crippen LogP) is 11.5. The molecule has 2 bridgehead atoms. The first-order valence-electron chi connectivity index (χ1n) is 21.3. The van der Waals surface area contributed by atoms with E-state index in [-0.39, 0.29) is 12.1 Å². The summed E-state index contributed by atoms with van der Waals surface area (Å²) in [5, 5.41) is 9.97. The summed E-state index contributed by atoms with van der Waals surface area (Å²) >= 11 is 0. The van der Waals surface area contributed by atoms with Crippen LogP contribution in [0, 0.1) is 0 Å². The summed E-state index contributed by atoms with van der Waals surface area (Å²) in [5.74, 6) is 1.27. The van der Waals surface area contributed by atoms with Crippen LogP contribution in [0.5, 0.6) is 0 Å². The van der Waals surface area contributed by atoms with Crippen molar-refractivity contribution in [2.75, 3.05) is 27.1 Å². The molecular weight excluding hydrogens is 741 g/mol. The third-order valence-corrected chi connectivity index (χ3v) is 13.3. The maximum Gasteiger partial charge on any atom is 0.348 e. The molecule has 4 aromatic heterocycles. The predicted molar refractivity (Wildman–Crippen MR) is 234 cm³/mol. The van der Waals surface area contributed by atoms with Crippen molar-refractivity contribution in [2.45, 2.75) is 89.4 Å². The zero-order valence-electron chi connectivity index (χ0n) is 32.8. The highest BCUT2D eigenvalue weighted by Gasteiger charge is 2.33. The number of benzene rings is 4. The van der Waals surface area contributed by atoms with Gasteiger partial charge >= 0.3 is 11.3 Å². The number of anilines is 4. The summed E-state index contributed by atoms with van der Waals surface area (Å²) in [6.45, 7) is 2.16. The van der Waals surface area contributed by atoms with Gasteiger partial charge in [-0.1, -0.05) is 74.9 Å². The summed E-state index contributed by atoms with van der Waals surface area (Å²) in [4.78, 5) is 32.3. The van der Waals surface area contributed by atoms with Gasteiger partial charge in [0.05, 0.1) is 28.6 Å². The number of nitrogens with one attached hydrogen (secondary N) is 2. The van der Waals surface area contributed by atoms with Crippen LogP contribution in [0.3, 0.4) is 0 Å². The van der Waals surface area contributed by atoms with E-state index in [1.165, 1.54) is 49.7 Å². The van der Waals surface area contributed by atoms with Gasteiger partial charge in [0.15, 0.2) is 11.2 Å². The smallest absolute Gasteiger partial charge is 0.348 e. The molecule has 2 N–H and O–H groups in total. The van der Waals surface area contributed by atoms with Crippen LogP contribution in [-0.4, -0.2) is 18.8 Å². The monoisotopic (exact) mass is 784 g/mol. The summed E-state index contributed by atoms with van der Waals surface area (Å²) in [5.41, 5.74) is 9.43. The van der Waals surface area contributed by atoms with Crippen LogP contribution in [0.4, 0.5) is 23.1 Å². The van der Waals surface area contributed by atoms with E-state index in [2.05, 4.69) is 56.8 Å². The zero-order valence-corrected chi connectivity index (χ0v) is 32.8. The number of hydrogen-bond acceptors (Lipinski definition) is 10. The molecule has 10 nitrogen and oxygen atoms in total. The highest BCUT2D eigenvalue weighted by atomic mass is 16.4.